The molecule has 0 spiro atoms. The van der Waals surface area contributed by atoms with Gasteiger partial charge in [-0.3, -0.25) is 9.59 Å². The van der Waals surface area contributed by atoms with Crippen molar-refractivity contribution in [3.63, 3.8) is 0 Å². The van der Waals surface area contributed by atoms with Gasteiger partial charge in [-0.25, -0.2) is 4.39 Å². The summed E-state index contributed by atoms with van der Waals surface area (Å²) >= 11 is 0. The number of rotatable bonds is 10. The molecule has 1 aliphatic heterocycles. The molecule has 10 heteroatoms. The molecule has 2 heterocycles. The first-order chi connectivity index (χ1) is 17.9. The number of carbonyl (C=O) groups is 2. The van der Waals surface area contributed by atoms with E-state index < -0.39 is 11.9 Å². The molecule has 1 atom stereocenters. The fourth-order valence-corrected chi connectivity index (χ4v) is 5.21. The summed E-state index contributed by atoms with van der Waals surface area (Å²) in [4.78, 5) is 32.3. The van der Waals surface area contributed by atoms with E-state index in [2.05, 4.69) is 20.4 Å². The Morgan fingerprint density at radius 1 is 1.19 bits per heavy atom. The summed E-state index contributed by atoms with van der Waals surface area (Å²) < 4.78 is 25.9. The molecule has 1 saturated heterocycles. The lowest BCUT2D eigenvalue weighted by atomic mass is 10.0. The maximum atomic E-state index is 14.8. The summed E-state index contributed by atoms with van der Waals surface area (Å²) in [5, 5.41) is 6.64. The molecule has 1 saturated carbocycles. The first kappa shape index (κ1) is 27.0. The van der Waals surface area contributed by atoms with E-state index >= 15 is 0 Å². The van der Waals surface area contributed by atoms with Crippen molar-refractivity contribution in [2.24, 2.45) is 5.92 Å². The SMILES string of the molecule is CC(=O)N[C@H](C)C(=O)N1CCCN(CCCOc2ccc(-c3noc(CC4CCCC4)n3)c(F)c2)CC1. The van der Waals surface area contributed by atoms with Crippen LogP contribution in [0.15, 0.2) is 22.7 Å². The van der Waals surface area contributed by atoms with Crippen molar-refractivity contribution in [3.8, 4) is 17.1 Å². The minimum atomic E-state index is -0.511. The highest BCUT2D eigenvalue weighted by atomic mass is 19.1. The molecule has 2 aliphatic rings. The van der Waals surface area contributed by atoms with Gasteiger partial charge >= 0.3 is 0 Å². The molecule has 2 fully saturated rings. The molecule has 0 radical (unpaired) electrons. The number of ether oxygens (including phenoxy) is 1. The maximum Gasteiger partial charge on any atom is 0.244 e. The van der Waals surface area contributed by atoms with Gasteiger partial charge in [-0.2, -0.15) is 4.98 Å². The lowest BCUT2D eigenvalue weighted by molar-refractivity contribution is -0.135. The molecule has 2 aromatic rings. The Labute approximate surface area is 217 Å². The van der Waals surface area contributed by atoms with Gasteiger partial charge in [-0.15, -0.1) is 0 Å². The second kappa shape index (κ2) is 13.0. The van der Waals surface area contributed by atoms with Crippen LogP contribution in [-0.4, -0.2) is 77.1 Å². The highest BCUT2D eigenvalue weighted by Gasteiger charge is 2.24. The van der Waals surface area contributed by atoms with Crippen LogP contribution in [0.25, 0.3) is 11.4 Å². The van der Waals surface area contributed by atoms with Crippen LogP contribution in [0.2, 0.25) is 0 Å². The first-order valence-electron chi connectivity index (χ1n) is 13.4. The minimum absolute atomic E-state index is 0.0447. The summed E-state index contributed by atoms with van der Waals surface area (Å²) in [6.45, 7) is 7.42. The van der Waals surface area contributed by atoms with E-state index in [1.165, 1.54) is 38.7 Å². The molecule has 9 nitrogen and oxygen atoms in total. The van der Waals surface area contributed by atoms with E-state index in [1.807, 2.05) is 4.90 Å². The average molecular weight is 516 g/mol. The van der Waals surface area contributed by atoms with Gasteiger partial charge < -0.3 is 24.4 Å². The zero-order chi connectivity index (χ0) is 26.2. The summed E-state index contributed by atoms with van der Waals surface area (Å²) in [6.07, 6.45) is 7.30. The topological polar surface area (TPSA) is 101 Å². The number of carbonyl (C=O) groups excluding carboxylic acids is 2. The molecule has 0 bridgehead atoms. The zero-order valence-electron chi connectivity index (χ0n) is 21.9. The highest BCUT2D eigenvalue weighted by Crippen LogP contribution is 2.29. The molecule has 1 aromatic carbocycles. The maximum absolute atomic E-state index is 14.8. The molecule has 4 rings (SSSR count). The second-order valence-corrected chi connectivity index (χ2v) is 10.2. The van der Waals surface area contributed by atoms with Crippen LogP contribution in [0.5, 0.6) is 5.75 Å². The Balaban J connectivity index is 1.19. The van der Waals surface area contributed by atoms with Gasteiger partial charge in [0.1, 0.15) is 17.6 Å². The molecular formula is C27H38FN5O4. The van der Waals surface area contributed by atoms with Gasteiger partial charge in [0.2, 0.25) is 23.5 Å². The third-order valence-electron chi connectivity index (χ3n) is 7.17. The predicted octanol–water partition coefficient (Wildman–Crippen LogP) is 3.44. The number of aromatic nitrogens is 2. The smallest absolute Gasteiger partial charge is 0.244 e. The quantitative estimate of drug-likeness (QED) is 0.484. The number of nitrogens with one attached hydrogen (secondary N) is 1. The van der Waals surface area contributed by atoms with Crippen molar-refractivity contribution in [1.82, 2.24) is 25.3 Å². The van der Waals surface area contributed by atoms with E-state index in [0.717, 1.165) is 38.9 Å². The number of hydrogen-bond acceptors (Lipinski definition) is 7. The van der Waals surface area contributed by atoms with Gasteiger partial charge in [0.15, 0.2) is 0 Å². The Morgan fingerprint density at radius 2 is 2.00 bits per heavy atom. The first-order valence-corrected chi connectivity index (χ1v) is 13.4. The Kier molecular flexibility index (Phi) is 9.49. The number of benzene rings is 1. The largest absolute Gasteiger partial charge is 0.493 e. The second-order valence-electron chi connectivity index (χ2n) is 10.2. The zero-order valence-corrected chi connectivity index (χ0v) is 21.9. The summed E-state index contributed by atoms with van der Waals surface area (Å²) in [5.41, 5.74) is 0.310. The van der Waals surface area contributed by atoms with E-state index in [9.17, 15) is 14.0 Å². The number of halogens is 1. The third-order valence-corrected chi connectivity index (χ3v) is 7.17. The van der Waals surface area contributed by atoms with Gasteiger partial charge in [0.25, 0.3) is 0 Å². The lowest BCUT2D eigenvalue weighted by Gasteiger charge is -2.25. The van der Waals surface area contributed by atoms with Gasteiger partial charge in [-0.1, -0.05) is 18.0 Å². The molecule has 2 amide bonds. The highest BCUT2D eigenvalue weighted by molar-refractivity contribution is 5.86. The minimum Gasteiger partial charge on any atom is -0.493 e. The van der Waals surface area contributed by atoms with E-state index in [4.69, 9.17) is 9.26 Å². The normalized spacial score (nSPS) is 18.0. The van der Waals surface area contributed by atoms with Crippen molar-refractivity contribution in [2.45, 2.75) is 64.8 Å². The van der Waals surface area contributed by atoms with E-state index in [0.29, 0.717) is 42.8 Å². The molecule has 0 unspecified atom stereocenters. The van der Waals surface area contributed by atoms with Gasteiger partial charge in [0.05, 0.1) is 12.2 Å². The van der Waals surface area contributed by atoms with Crippen molar-refractivity contribution in [2.75, 3.05) is 39.3 Å². The third kappa shape index (κ3) is 7.74. The number of nitrogens with zero attached hydrogens (tertiary/aromatic N) is 4. The van der Waals surface area contributed by atoms with Crippen LogP contribution in [0, 0.1) is 11.7 Å². The molecule has 37 heavy (non-hydrogen) atoms. The van der Waals surface area contributed by atoms with Crippen LogP contribution in [-0.2, 0) is 16.0 Å². The Morgan fingerprint density at radius 3 is 2.76 bits per heavy atom. The summed E-state index contributed by atoms with van der Waals surface area (Å²) in [5.74, 6) is 1.22. The number of hydrogen-bond donors (Lipinski definition) is 1. The predicted molar refractivity (Wildman–Crippen MR) is 136 cm³/mol. The standard InChI is InChI=1S/C27H38FN5O4/c1-19(29-20(2)34)27(35)33-13-5-11-32(14-15-33)12-6-16-36-22-9-10-23(24(28)18-22)26-30-25(37-31-26)17-21-7-3-4-8-21/h9-10,18-19,21H,3-8,11-17H2,1-2H3,(H,29,34)/t19-/m1/s1. The van der Waals surface area contributed by atoms with Crippen molar-refractivity contribution in [3.05, 3.63) is 29.9 Å². The molecular weight excluding hydrogens is 477 g/mol. The Bertz CT molecular complexity index is 1060. The van der Waals surface area contributed by atoms with Crippen LogP contribution < -0.4 is 10.1 Å². The van der Waals surface area contributed by atoms with Crippen molar-refractivity contribution >= 4 is 11.8 Å². The molecule has 1 aromatic heterocycles. The lowest BCUT2D eigenvalue weighted by Crippen LogP contribution is -2.47. The fraction of sp³-hybridized carbons (Fsp3) is 0.630. The van der Waals surface area contributed by atoms with Crippen molar-refractivity contribution in [1.29, 1.82) is 0 Å². The fourth-order valence-electron chi connectivity index (χ4n) is 5.21. The van der Waals surface area contributed by atoms with Crippen LogP contribution in [0.4, 0.5) is 4.39 Å². The van der Waals surface area contributed by atoms with Gasteiger partial charge in [0, 0.05) is 45.6 Å². The van der Waals surface area contributed by atoms with Crippen LogP contribution in [0.3, 0.4) is 0 Å². The summed E-state index contributed by atoms with van der Waals surface area (Å²) in [6, 6.07) is 4.23. The van der Waals surface area contributed by atoms with Crippen molar-refractivity contribution < 1.29 is 23.2 Å². The molecule has 1 N–H and O–H groups in total. The molecule has 202 valence electrons. The van der Waals surface area contributed by atoms with E-state index in [1.54, 1.807) is 19.1 Å². The molecule has 1 aliphatic carbocycles. The van der Waals surface area contributed by atoms with E-state index in [-0.39, 0.29) is 17.6 Å². The van der Waals surface area contributed by atoms with Gasteiger partial charge in [-0.05, 0) is 57.2 Å². The number of amides is 2. The Hall–Kier alpha value is -3.01. The van der Waals surface area contributed by atoms with Crippen LogP contribution in [0.1, 0.15) is 58.3 Å². The monoisotopic (exact) mass is 515 g/mol. The average Bonchev–Trinajstić information content (AvgIpc) is 3.49. The van der Waals surface area contributed by atoms with Crippen LogP contribution >= 0.6 is 0 Å². The summed E-state index contributed by atoms with van der Waals surface area (Å²) in [7, 11) is 0.